The van der Waals surface area contributed by atoms with Crippen LogP contribution in [-0.2, 0) is 0 Å². The van der Waals surface area contributed by atoms with Gasteiger partial charge in [0.05, 0.1) is 6.04 Å². The van der Waals surface area contributed by atoms with Gasteiger partial charge in [0.25, 0.3) is 5.91 Å². The number of nitrogens with zero attached hydrogens (tertiary/aromatic N) is 4. The summed E-state index contributed by atoms with van der Waals surface area (Å²) in [5.41, 5.74) is 0.812. The summed E-state index contributed by atoms with van der Waals surface area (Å²) in [7, 11) is 0. The van der Waals surface area contributed by atoms with Crippen molar-refractivity contribution in [1.29, 1.82) is 0 Å². The van der Waals surface area contributed by atoms with Gasteiger partial charge in [0, 0.05) is 13.0 Å². The predicted molar refractivity (Wildman–Crippen MR) is 83.2 cm³/mol. The summed E-state index contributed by atoms with van der Waals surface area (Å²) in [6.45, 7) is -0.00590. The number of likely N-dealkylation sites (tertiary alicyclic amines) is 1. The van der Waals surface area contributed by atoms with E-state index in [1.165, 1.54) is 4.68 Å². The van der Waals surface area contributed by atoms with Crippen molar-refractivity contribution in [1.82, 2.24) is 19.7 Å². The van der Waals surface area contributed by atoms with E-state index < -0.39 is 30.3 Å². The molecule has 1 aromatic heterocycles. The average Bonchev–Trinajstić information content (AvgIpc) is 3.31. The predicted octanol–water partition coefficient (Wildman–Crippen LogP) is 3.45. The molecule has 4 rings (SSSR count). The van der Waals surface area contributed by atoms with Gasteiger partial charge in [0.15, 0.2) is 12.0 Å². The van der Waals surface area contributed by atoms with Crippen molar-refractivity contribution in [2.75, 3.05) is 6.54 Å². The minimum absolute atomic E-state index is 0.00590. The molecular weight excluding hydrogens is 352 g/mol. The fraction of sp³-hybridized carbons (Fsp3) is 0.471. The zero-order valence-corrected chi connectivity index (χ0v) is 13.7. The number of benzene rings is 1. The lowest BCUT2D eigenvalue weighted by atomic mass is 10.0. The van der Waals surface area contributed by atoms with E-state index in [4.69, 9.17) is 0 Å². The first-order valence-corrected chi connectivity index (χ1v) is 8.39. The van der Waals surface area contributed by atoms with Crippen LogP contribution in [0.1, 0.15) is 53.5 Å². The average molecular weight is 368 g/mol. The van der Waals surface area contributed by atoms with Gasteiger partial charge in [-0.3, -0.25) is 4.79 Å². The Kier molecular flexibility index (Phi) is 3.96. The lowest BCUT2D eigenvalue weighted by Crippen LogP contribution is -2.45. The van der Waals surface area contributed by atoms with Gasteiger partial charge >= 0.3 is 6.18 Å². The van der Waals surface area contributed by atoms with Crippen molar-refractivity contribution >= 4 is 5.91 Å². The fourth-order valence-corrected chi connectivity index (χ4v) is 3.70. The maximum Gasteiger partial charge on any atom is 0.408 e. The molecule has 1 aromatic carbocycles. The Bertz CT molecular complexity index is 820. The standard InChI is InChI=1S/C17H16F4N4O/c18-11-9-12(10-5-2-1-3-6-10)25-15(11)22-14(23-25)16(26)24-8-4-7-13(24)17(19,20)21/h1-3,5-6,11-13H,4,7-9H2/t11-,12-,13?/m0/s1. The van der Waals surface area contributed by atoms with Crippen molar-refractivity contribution in [3.63, 3.8) is 0 Å². The molecule has 9 heteroatoms. The van der Waals surface area contributed by atoms with Crippen LogP contribution in [0.4, 0.5) is 17.6 Å². The highest BCUT2D eigenvalue weighted by atomic mass is 19.4. The molecule has 0 bridgehead atoms. The third-order valence-electron chi connectivity index (χ3n) is 4.93. The number of hydrogen-bond acceptors (Lipinski definition) is 3. The highest BCUT2D eigenvalue weighted by Gasteiger charge is 2.49. The molecule has 1 amide bonds. The van der Waals surface area contributed by atoms with Gasteiger partial charge < -0.3 is 4.90 Å². The Labute approximate surface area is 146 Å². The number of rotatable bonds is 2. The number of alkyl halides is 4. The molecule has 3 heterocycles. The molecule has 1 unspecified atom stereocenters. The molecule has 0 saturated carbocycles. The molecule has 5 nitrogen and oxygen atoms in total. The van der Waals surface area contributed by atoms with Crippen LogP contribution in [0.25, 0.3) is 0 Å². The van der Waals surface area contributed by atoms with Gasteiger partial charge in [-0.2, -0.15) is 13.2 Å². The van der Waals surface area contributed by atoms with E-state index in [1.54, 1.807) is 0 Å². The number of carbonyl (C=O) groups excluding carboxylic acids is 1. The maximum atomic E-state index is 14.3. The molecule has 138 valence electrons. The first-order valence-electron chi connectivity index (χ1n) is 8.39. The van der Waals surface area contributed by atoms with E-state index in [-0.39, 0.29) is 37.5 Å². The Morgan fingerprint density at radius 3 is 2.62 bits per heavy atom. The molecule has 26 heavy (non-hydrogen) atoms. The second-order valence-corrected chi connectivity index (χ2v) is 6.57. The Hall–Kier alpha value is -2.45. The van der Waals surface area contributed by atoms with Crippen LogP contribution in [0.2, 0.25) is 0 Å². The van der Waals surface area contributed by atoms with E-state index in [0.717, 1.165) is 10.5 Å². The quantitative estimate of drug-likeness (QED) is 0.763. The van der Waals surface area contributed by atoms with E-state index in [2.05, 4.69) is 10.1 Å². The second kappa shape index (κ2) is 6.07. The smallest absolute Gasteiger partial charge is 0.324 e. The Balaban J connectivity index is 1.64. The van der Waals surface area contributed by atoms with Crippen LogP contribution in [0.5, 0.6) is 0 Å². The SMILES string of the molecule is O=C(c1nc2n(n1)[C@H](c1ccccc1)C[C@@H]2F)N1CCCC1C(F)(F)F. The van der Waals surface area contributed by atoms with Gasteiger partial charge in [0.1, 0.15) is 6.04 Å². The first-order chi connectivity index (χ1) is 12.4. The zero-order chi connectivity index (χ0) is 18.5. The van der Waals surface area contributed by atoms with Crippen LogP contribution < -0.4 is 0 Å². The lowest BCUT2D eigenvalue weighted by Gasteiger charge is -2.25. The summed E-state index contributed by atoms with van der Waals surface area (Å²) in [4.78, 5) is 17.2. The number of halogens is 4. The molecule has 0 N–H and O–H groups in total. The highest BCUT2D eigenvalue weighted by molar-refractivity contribution is 5.91. The summed E-state index contributed by atoms with van der Waals surface area (Å²) in [6, 6.07) is 6.81. The van der Waals surface area contributed by atoms with Crippen molar-refractivity contribution in [3.05, 3.63) is 47.5 Å². The topological polar surface area (TPSA) is 51.0 Å². The van der Waals surface area contributed by atoms with E-state index in [9.17, 15) is 22.4 Å². The largest absolute Gasteiger partial charge is 0.408 e. The lowest BCUT2D eigenvalue weighted by molar-refractivity contribution is -0.169. The molecule has 2 aliphatic heterocycles. The third kappa shape index (κ3) is 2.75. The molecule has 1 fully saturated rings. The molecular formula is C17H16F4N4O. The molecule has 0 aliphatic carbocycles. The third-order valence-corrected chi connectivity index (χ3v) is 4.93. The molecule has 2 aromatic rings. The van der Waals surface area contributed by atoms with E-state index >= 15 is 0 Å². The van der Waals surface area contributed by atoms with Gasteiger partial charge in [-0.15, -0.1) is 5.10 Å². The highest BCUT2D eigenvalue weighted by Crippen LogP contribution is 2.40. The van der Waals surface area contributed by atoms with Crippen LogP contribution in [0, 0.1) is 0 Å². The molecule has 2 aliphatic rings. The Morgan fingerprint density at radius 1 is 1.19 bits per heavy atom. The van der Waals surface area contributed by atoms with Crippen molar-refractivity contribution in [2.24, 2.45) is 0 Å². The van der Waals surface area contributed by atoms with Crippen LogP contribution in [0.3, 0.4) is 0 Å². The van der Waals surface area contributed by atoms with E-state index in [0.29, 0.717) is 0 Å². The number of fused-ring (bicyclic) bond motifs is 1. The normalized spacial score (nSPS) is 25.5. The summed E-state index contributed by atoms with van der Waals surface area (Å²) in [5, 5.41) is 4.07. The van der Waals surface area contributed by atoms with Crippen molar-refractivity contribution < 1.29 is 22.4 Å². The minimum atomic E-state index is -4.50. The number of amides is 1. The zero-order valence-electron chi connectivity index (χ0n) is 13.7. The molecule has 3 atom stereocenters. The minimum Gasteiger partial charge on any atom is -0.324 e. The van der Waals surface area contributed by atoms with Crippen molar-refractivity contribution in [3.8, 4) is 0 Å². The summed E-state index contributed by atoms with van der Waals surface area (Å²) >= 11 is 0. The number of hydrogen-bond donors (Lipinski definition) is 0. The van der Waals surface area contributed by atoms with Gasteiger partial charge in [-0.25, -0.2) is 14.1 Å². The summed E-state index contributed by atoms with van der Waals surface area (Å²) < 4.78 is 55.0. The van der Waals surface area contributed by atoms with Crippen LogP contribution in [0.15, 0.2) is 30.3 Å². The van der Waals surface area contributed by atoms with Gasteiger partial charge in [-0.1, -0.05) is 30.3 Å². The maximum absolute atomic E-state index is 14.3. The van der Waals surface area contributed by atoms with Crippen LogP contribution >= 0.6 is 0 Å². The molecule has 0 radical (unpaired) electrons. The van der Waals surface area contributed by atoms with E-state index in [1.807, 2.05) is 30.3 Å². The number of carbonyl (C=O) groups is 1. The Morgan fingerprint density at radius 2 is 1.92 bits per heavy atom. The number of aromatic nitrogens is 3. The molecule has 1 saturated heterocycles. The summed E-state index contributed by atoms with van der Waals surface area (Å²) in [6.07, 6.45) is -5.64. The van der Waals surface area contributed by atoms with Gasteiger partial charge in [-0.05, 0) is 18.4 Å². The monoisotopic (exact) mass is 368 g/mol. The second-order valence-electron chi connectivity index (χ2n) is 6.57. The molecule has 0 spiro atoms. The van der Waals surface area contributed by atoms with Gasteiger partial charge in [0.2, 0.25) is 5.82 Å². The van der Waals surface area contributed by atoms with Crippen LogP contribution in [-0.4, -0.2) is 44.3 Å². The first kappa shape index (κ1) is 17.0. The van der Waals surface area contributed by atoms with Crippen molar-refractivity contribution in [2.45, 2.75) is 43.7 Å². The summed E-state index contributed by atoms with van der Waals surface area (Å²) in [5.74, 6) is -1.28. The fourth-order valence-electron chi connectivity index (χ4n) is 3.70.